The summed E-state index contributed by atoms with van der Waals surface area (Å²) in [7, 11) is -14.1. The Morgan fingerprint density at radius 3 is 0.893 bits per heavy atom. The second kappa shape index (κ2) is 7.97. The number of halogens is 12. The molecule has 0 N–H and O–H groups in total. The number of rotatable bonds is 9. The fourth-order valence-corrected chi connectivity index (χ4v) is 1.98. The number of alkyl halides is 10. The minimum absolute atomic E-state index is 2.02. The van der Waals surface area contributed by atoms with Gasteiger partial charge in [-0.15, -0.1) is 26.3 Å². The molecule has 170 valence electrons. The molecular weight excluding hydrogens is 492 g/mol. The van der Waals surface area contributed by atoms with Gasteiger partial charge in [-0.05, 0) is 0 Å². The molecule has 0 fully saturated rings. The quantitative estimate of drug-likeness (QED) is 0.356. The summed E-state index contributed by atoms with van der Waals surface area (Å²) >= 11 is 0. The summed E-state index contributed by atoms with van der Waals surface area (Å²) in [6, 6.07) is 0. The molecule has 0 aliphatic rings. The largest absolute Gasteiger partial charge is 0.523 e. The number of hydrogen-bond acceptors (Lipinski definition) is 8. The highest BCUT2D eigenvalue weighted by atomic mass is 32.3. The maximum absolute atomic E-state index is 13.4. The molecule has 28 heavy (non-hydrogen) atoms. The van der Waals surface area contributed by atoms with Crippen molar-refractivity contribution in [2.75, 3.05) is 0 Å². The normalized spacial score (nSPS) is 17.4. The molecule has 0 radical (unpaired) electrons. The lowest BCUT2D eigenvalue weighted by Gasteiger charge is -2.34. The molecule has 0 heterocycles. The van der Waals surface area contributed by atoms with Crippen LogP contribution in [0.1, 0.15) is 0 Å². The summed E-state index contributed by atoms with van der Waals surface area (Å²) < 4.78 is 199. The predicted octanol–water partition coefficient (Wildman–Crippen LogP) is 2.44. The van der Waals surface area contributed by atoms with Crippen molar-refractivity contribution in [3.63, 3.8) is 0 Å². The van der Waals surface area contributed by atoms with Gasteiger partial charge in [-0.2, -0.15) is 42.8 Å². The second-order valence-corrected chi connectivity index (χ2v) is 5.95. The van der Waals surface area contributed by atoms with Gasteiger partial charge < -0.3 is 0 Å². The van der Waals surface area contributed by atoms with Gasteiger partial charge in [0.2, 0.25) is 0 Å². The number of ether oxygens (including phenoxy) is 2. The second-order valence-electron chi connectivity index (χ2n) is 4.04. The molecule has 0 aliphatic heterocycles. The van der Waals surface area contributed by atoms with E-state index in [1.807, 2.05) is 8.37 Å². The zero-order valence-electron chi connectivity index (χ0n) is 11.8. The molecule has 0 aromatic heterocycles. The van der Waals surface area contributed by atoms with Gasteiger partial charge in [0.15, 0.2) is 12.2 Å². The SMILES string of the molecule is O=S(=O)(F)OC(F)(F)C(OC(F)(F)F)C(OC(F)(F)F)C(F)(F)OS(=O)(=O)F. The highest BCUT2D eigenvalue weighted by Gasteiger charge is 2.66. The fraction of sp³-hybridized carbons (Fsp3) is 1.00. The van der Waals surface area contributed by atoms with Gasteiger partial charge in [-0.25, -0.2) is 0 Å². The zero-order valence-corrected chi connectivity index (χ0v) is 13.4. The van der Waals surface area contributed by atoms with Crippen LogP contribution in [0.4, 0.5) is 51.7 Å². The number of hydrogen-bond donors (Lipinski definition) is 0. The molecule has 0 aliphatic carbocycles. The average Bonchev–Trinajstić information content (AvgIpc) is 2.24. The van der Waals surface area contributed by atoms with Gasteiger partial charge in [-0.3, -0.25) is 9.47 Å². The Labute approximate surface area is 145 Å². The molecule has 0 aromatic carbocycles. The molecular formula is C6H2F12O8S2. The molecule has 8 nitrogen and oxygen atoms in total. The third-order valence-corrected chi connectivity index (χ3v) is 2.72. The van der Waals surface area contributed by atoms with Crippen LogP contribution in [-0.4, -0.2) is 54.0 Å². The maximum Gasteiger partial charge on any atom is 0.523 e. The van der Waals surface area contributed by atoms with E-state index >= 15 is 0 Å². The molecule has 2 atom stereocenters. The van der Waals surface area contributed by atoms with Crippen LogP contribution in [0.3, 0.4) is 0 Å². The summed E-state index contributed by atoms with van der Waals surface area (Å²) in [4.78, 5) is 0. The van der Waals surface area contributed by atoms with Crippen LogP contribution in [0.15, 0.2) is 0 Å². The van der Waals surface area contributed by atoms with Gasteiger partial charge in [-0.1, -0.05) is 7.77 Å². The lowest BCUT2D eigenvalue weighted by molar-refractivity contribution is -0.453. The first-order chi connectivity index (χ1) is 11.8. The van der Waals surface area contributed by atoms with Crippen molar-refractivity contribution in [2.45, 2.75) is 37.1 Å². The van der Waals surface area contributed by atoms with E-state index in [4.69, 9.17) is 0 Å². The van der Waals surface area contributed by atoms with Crippen LogP contribution in [0.2, 0.25) is 0 Å². The Hall–Kier alpha value is -1.10. The van der Waals surface area contributed by atoms with E-state index in [0.29, 0.717) is 0 Å². The lowest BCUT2D eigenvalue weighted by Crippen LogP contribution is -2.59. The first-order valence-corrected chi connectivity index (χ1v) is 8.01. The van der Waals surface area contributed by atoms with E-state index in [2.05, 4.69) is 9.47 Å². The molecule has 0 rings (SSSR count). The minimum Gasteiger partial charge on any atom is -0.276 e. The Morgan fingerprint density at radius 1 is 0.536 bits per heavy atom. The van der Waals surface area contributed by atoms with Crippen molar-refractivity contribution in [3.05, 3.63) is 0 Å². The molecule has 0 saturated heterocycles. The van der Waals surface area contributed by atoms with Crippen LogP contribution >= 0.6 is 0 Å². The zero-order chi connectivity index (χ0) is 23.0. The fourth-order valence-electron chi connectivity index (χ4n) is 1.26. The Morgan fingerprint density at radius 2 is 0.750 bits per heavy atom. The first kappa shape index (κ1) is 26.9. The summed E-state index contributed by atoms with van der Waals surface area (Å²) in [6.45, 7) is 0. The Kier molecular flexibility index (Phi) is 7.65. The Bertz CT molecular complexity index is 675. The summed E-state index contributed by atoms with van der Waals surface area (Å²) in [6.07, 6.45) is -37.0. The van der Waals surface area contributed by atoms with Gasteiger partial charge in [0.1, 0.15) is 0 Å². The van der Waals surface area contributed by atoms with Crippen molar-refractivity contribution in [1.29, 1.82) is 0 Å². The van der Waals surface area contributed by atoms with E-state index in [0.717, 1.165) is 0 Å². The highest BCUT2D eigenvalue weighted by molar-refractivity contribution is 7.81. The van der Waals surface area contributed by atoms with E-state index < -0.39 is 58.2 Å². The lowest BCUT2D eigenvalue weighted by atomic mass is 10.1. The van der Waals surface area contributed by atoms with Gasteiger partial charge in [0, 0.05) is 0 Å². The molecule has 0 amide bonds. The molecule has 0 bridgehead atoms. The standard InChI is InChI=1S/C6H2F12O8S2/c7-3(8,25-27(17,19)20)1(23-5(11,12)13)2(24-6(14,15)16)4(9,10)26-28(18,21)22/h1-2H. The highest BCUT2D eigenvalue weighted by Crippen LogP contribution is 2.42. The van der Waals surface area contributed by atoms with E-state index in [1.54, 1.807) is 0 Å². The van der Waals surface area contributed by atoms with Crippen molar-refractivity contribution in [1.82, 2.24) is 0 Å². The van der Waals surface area contributed by atoms with E-state index in [9.17, 15) is 68.5 Å². The summed E-state index contributed by atoms with van der Waals surface area (Å²) in [5.41, 5.74) is 0. The topological polar surface area (TPSA) is 105 Å². The monoisotopic (exact) mass is 494 g/mol. The molecule has 0 saturated carbocycles. The van der Waals surface area contributed by atoms with Crippen LogP contribution in [-0.2, 0) is 38.8 Å². The smallest absolute Gasteiger partial charge is 0.276 e. The van der Waals surface area contributed by atoms with Crippen LogP contribution in [0.5, 0.6) is 0 Å². The molecule has 0 aromatic rings. The van der Waals surface area contributed by atoms with Gasteiger partial charge >= 0.3 is 46.0 Å². The van der Waals surface area contributed by atoms with E-state index in [1.165, 1.54) is 0 Å². The van der Waals surface area contributed by atoms with Crippen molar-refractivity contribution in [3.8, 4) is 0 Å². The minimum atomic E-state index is -7.05. The first-order valence-electron chi connectivity index (χ1n) is 5.40. The summed E-state index contributed by atoms with van der Waals surface area (Å²) in [5.74, 6) is 0. The van der Waals surface area contributed by atoms with Crippen LogP contribution < -0.4 is 0 Å². The van der Waals surface area contributed by atoms with Crippen molar-refractivity contribution in [2.24, 2.45) is 0 Å². The van der Waals surface area contributed by atoms with Crippen molar-refractivity contribution >= 4 is 21.0 Å². The van der Waals surface area contributed by atoms with Crippen molar-refractivity contribution < 1.29 is 86.4 Å². The summed E-state index contributed by atoms with van der Waals surface area (Å²) in [5, 5.41) is 0. The molecule has 22 heteroatoms. The maximum atomic E-state index is 13.4. The van der Waals surface area contributed by atoms with Gasteiger partial charge in [0.05, 0.1) is 0 Å². The van der Waals surface area contributed by atoms with E-state index in [-0.39, 0.29) is 0 Å². The molecule has 2 unspecified atom stereocenters. The molecule has 0 spiro atoms. The third kappa shape index (κ3) is 10.4. The predicted molar refractivity (Wildman–Crippen MR) is 54.0 cm³/mol. The van der Waals surface area contributed by atoms with Crippen LogP contribution in [0.25, 0.3) is 0 Å². The Balaban J connectivity index is 6.52. The third-order valence-electron chi connectivity index (χ3n) is 1.88. The van der Waals surface area contributed by atoms with Crippen LogP contribution in [0, 0.1) is 0 Å². The van der Waals surface area contributed by atoms with Gasteiger partial charge in [0.25, 0.3) is 0 Å². The average molecular weight is 494 g/mol.